The van der Waals surface area contributed by atoms with E-state index in [4.69, 9.17) is 0 Å². The van der Waals surface area contributed by atoms with Gasteiger partial charge in [0, 0.05) is 10.4 Å². The molecule has 0 atom stereocenters. The van der Waals surface area contributed by atoms with Crippen LogP contribution in [0.3, 0.4) is 0 Å². The minimum Gasteiger partial charge on any atom is -0.333 e. The highest BCUT2D eigenvalue weighted by Crippen LogP contribution is 2.26. The van der Waals surface area contributed by atoms with Crippen LogP contribution >= 0.6 is 23.1 Å². The molecule has 0 bridgehead atoms. The predicted molar refractivity (Wildman–Crippen MR) is 102 cm³/mol. The Kier molecular flexibility index (Phi) is 5.89. The molecular weight excluding hydrogens is 360 g/mol. The number of amides is 3. The SMILES string of the molecule is Cc1sc2nc(CSCC(=O)NC(=O)NC(C)(C)C)[nH]c(=O)c2c1C. The number of thiophene rings is 1. The largest absolute Gasteiger partial charge is 0.333 e. The first-order valence-electron chi connectivity index (χ1n) is 7.75. The summed E-state index contributed by atoms with van der Waals surface area (Å²) in [5.74, 6) is 0.616. The van der Waals surface area contributed by atoms with E-state index in [1.807, 2.05) is 34.6 Å². The van der Waals surface area contributed by atoms with Crippen LogP contribution < -0.4 is 16.2 Å². The van der Waals surface area contributed by atoms with Gasteiger partial charge in [0.1, 0.15) is 10.7 Å². The molecule has 0 saturated heterocycles. The summed E-state index contributed by atoms with van der Waals surface area (Å²) in [5.41, 5.74) is 0.390. The summed E-state index contributed by atoms with van der Waals surface area (Å²) in [6.45, 7) is 9.36. The molecule has 136 valence electrons. The van der Waals surface area contributed by atoms with Gasteiger partial charge in [0.15, 0.2) is 0 Å². The zero-order valence-corrected chi connectivity index (χ0v) is 16.5. The molecule has 3 N–H and O–H groups in total. The lowest BCUT2D eigenvalue weighted by Crippen LogP contribution is -2.48. The summed E-state index contributed by atoms with van der Waals surface area (Å²) in [6, 6.07) is -0.518. The topological polar surface area (TPSA) is 104 Å². The normalized spacial score (nSPS) is 11.6. The van der Waals surface area contributed by atoms with E-state index in [1.165, 1.54) is 23.1 Å². The van der Waals surface area contributed by atoms with Gasteiger partial charge in [0.2, 0.25) is 5.91 Å². The van der Waals surface area contributed by atoms with Crippen LogP contribution in [0.2, 0.25) is 0 Å². The number of urea groups is 1. The second-order valence-corrected chi connectivity index (χ2v) is 8.91. The van der Waals surface area contributed by atoms with Crippen LogP contribution in [0.15, 0.2) is 4.79 Å². The van der Waals surface area contributed by atoms with Gasteiger partial charge in [-0.15, -0.1) is 23.1 Å². The fourth-order valence-corrected chi connectivity index (χ4v) is 3.88. The van der Waals surface area contributed by atoms with E-state index < -0.39 is 17.5 Å². The second kappa shape index (κ2) is 7.57. The molecule has 3 amide bonds. The molecule has 25 heavy (non-hydrogen) atoms. The lowest BCUT2D eigenvalue weighted by Gasteiger charge is -2.20. The molecule has 0 aliphatic rings. The minimum atomic E-state index is -0.518. The van der Waals surface area contributed by atoms with Crippen molar-refractivity contribution in [2.75, 3.05) is 5.75 Å². The van der Waals surface area contributed by atoms with Gasteiger partial charge in [0.05, 0.1) is 16.9 Å². The van der Waals surface area contributed by atoms with Gasteiger partial charge in [-0.05, 0) is 40.2 Å². The maximum absolute atomic E-state index is 12.2. The third-order valence-electron chi connectivity index (χ3n) is 3.30. The molecule has 7 nitrogen and oxygen atoms in total. The number of nitrogens with zero attached hydrogens (tertiary/aromatic N) is 1. The van der Waals surface area contributed by atoms with Gasteiger partial charge in [-0.1, -0.05) is 0 Å². The maximum atomic E-state index is 12.2. The number of aromatic amines is 1. The Bertz CT molecular complexity index is 865. The fraction of sp³-hybridized carbons (Fsp3) is 0.500. The van der Waals surface area contributed by atoms with Crippen molar-refractivity contribution in [1.82, 2.24) is 20.6 Å². The number of carbonyl (C=O) groups is 2. The van der Waals surface area contributed by atoms with Gasteiger partial charge in [-0.25, -0.2) is 9.78 Å². The summed E-state index contributed by atoms with van der Waals surface area (Å²) in [5, 5.41) is 5.56. The minimum absolute atomic E-state index is 0.0990. The summed E-state index contributed by atoms with van der Waals surface area (Å²) < 4.78 is 0. The molecule has 0 saturated carbocycles. The van der Waals surface area contributed by atoms with Crippen LogP contribution in [-0.4, -0.2) is 33.2 Å². The number of imide groups is 1. The van der Waals surface area contributed by atoms with Crippen LogP contribution in [0.25, 0.3) is 10.2 Å². The van der Waals surface area contributed by atoms with Gasteiger partial charge in [0.25, 0.3) is 5.56 Å². The number of hydrogen-bond acceptors (Lipinski definition) is 6. The van der Waals surface area contributed by atoms with Crippen molar-refractivity contribution in [3.05, 3.63) is 26.6 Å². The summed E-state index contributed by atoms with van der Waals surface area (Å²) >= 11 is 2.77. The Morgan fingerprint density at radius 3 is 2.60 bits per heavy atom. The molecule has 0 fully saturated rings. The molecule has 2 rings (SSSR count). The van der Waals surface area contributed by atoms with E-state index in [0.29, 0.717) is 21.8 Å². The summed E-state index contributed by atoms with van der Waals surface area (Å²) in [7, 11) is 0. The average molecular weight is 383 g/mol. The number of aromatic nitrogens is 2. The van der Waals surface area contributed by atoms with Gasteiger partial charge in [-0.3, -0.25) is 14.9 Å². The molecule has 0 radical (unpaired) electrons. The Morgan fingerprint density at radius 2 is 1.96 bits per heavy atom. The number of thioether (sulfide) groups is 1. The molecule has 2 aromatic rings. The van der Waals surface area contributed by atoms with Crippen molar-refractivity contribution in [2.24, 2.45) is 0 Å². The zero-order chi connectivity index (χ0) is 18.8. The highest BCUT2D eigenvalue weighted by Gasteiger charge is 2.16. The number of nitrogens with one attached hydrogen (secondary N) is 3. The van der Waals surface area contributed by atoms with E-state index in [-0.39, 0.29) is 11.3 Å². The smallest absolute Gasteiger partial charge is 0.321 e. The molecule has 0 unspecified atom stereocenters. The number of carbonyl (C=O) groups excluding carboxylic acids is 2. The predicted octanol–water partition coefficient (Wildman–Crippen LogP) is 2.46. The first-order valence-corrected chi connectivity index (χ1v) is 9.72. The van der Waals surface area contributed by atoms with Crippen LogP contribution in [0.1, 0.15) is 37.0 Å². The van der Waals surface area contributed by atoms with Gasteiger partial charge in [-0.2, -0.15) is 0 Å². The fourth-order valence-electron chi connectivity index (χ4n) is 2.14. The monoisotopic (exact) mass is 382 g/mol. The van der Waals surface area contributed by atoms with Crippen molar-refractivity contribution in [3.8, 4) is 0 Å². The maximum Gasteiger partial charge on any atom is 0.321 e. The molecule has 0 aliphatic heterocycles. The van der Waals surface area contributed by atoms with E-state index in [1.54, 1.807) is 0 Å². The number of H-pyrrole nitrogens is 1. The van der Waals surface area contributed by atoms with E-state index in [9.17, 15) is 14.4 Å². The summed E-state index contributed by atoms with van der Waals surface area (Å²) in [4.78, 5) is 44.6. The van der Waals surface area contributed by atoms with Crippen LogP contribution in [0.5, 0.6) is 0 Å². The molecule has 0 aromatic carbocycles. The summed E-state index contributed by atoms with van der Waals surface area (Å²) in [6.07, 6.45) is 0. The standard InChI is InChI=1S/C16H22N4O3S2/c1-8-9(2)25-14-12(8)13(22)17-10(18-14)6-24-7-11(21)19-15(23)20-16(3,4)5/h6-7H2,1-5H3,(H,17,18,22)(H2,19,20,21,23). The van der Waals surface area contributed by atoms with E-state index in [0.717, 1.165) is 10.4 Å². The number of aryl methyl sites for hydroxylation is 2. The molecule has 2 aromatic heterocycles. The molecule has 9 heteroatoms. The lowest BCUT2D eigenvalue weighted by atomic mass is 10.1. The third kappa shape index (κ3) is 5.30. The average Bonchev–Trinajstić information content (AvgIpc) is 2.71. The molecule has 0 aliphatic carbocycles. The highest BCUT2D eigenvalue weighted by atomic mass is 32.2. The van der Waals surface area contributed by atoms with Crippen molar-refractivity contribution in [2.45, 2.75) is 45.9 Å². The van der Waals surface area contributed by atoms with E-state index in [2.05, 4.69) is 20.6 Å². The van der Waals surface area contributed by atoms with Gasteiger partial charge < -0.3 is 10.3 Å². The van der Waals surface area contributed by atoms with E-state index >= 15 is 0 Å². The number of fused-ring (bicyclic) bond motifs is 1. The van der Waals surface area contributed by atoms with Crippen LogP contribution in [0, 0.1) is 13.8 Å². The first-order chi connectivity index (χ1) is 11.6. The first kappa shape index (κ1) is 19.5. The Hall–Kier alpha value is -1.87. The zero-order valence-electron chi connectivity index (χ0n) is 14.9. The van der Waals surface area contributed by atoms with Crippen molar-refractivity contribution >= 4 is 45.3 Å². The Labute approximate surface area is 154 Å². The third-order valence-corrected chi connectivity index (χ3v) is 5.35. The number of rotatable bonds is 4. The van der Waals surface area contributed by atoms with Crippen LogP contribution in [-0.2, 0) is 10.5 Å². The molecular formula is C16H22N4O3S2. The van der Waals surface area contributed by atoms with Crippen molar-refractivity contribution < 1.29 is 9.59 Å². The number of hydrogen-bond donors (Lipinski definition) is 3. The Balaban J connectivity index is 1.92. The second-order valence-electron chi connectivity index (χ2n) is 6.72. The quantitative estimate of drug-likeness (QED) is 0.753. The lowest BCUT2D eigenvalue weighted by molar-refractivity contribution is -0.117. The Morgan fingerprint density at radius 1 is 1.28 bits per heavy atom. The molecule has 0 spiro atoms. The molecule has 2 heterocycles. The van der Waals surface area contributed by atoms with Crippen LogP contribution in [0.4, 0.5) is 4.79 Å². The van der Waals surface area contributed by atoms with Crippen molar-refractivity contribution in [3.63, 3.8) is 0 Å². The van der Waals surface area contributed by atoms with Crippen molar-refractivity contribution in [1.29, 1.82) is 0 Å². The van der Waals surface area contributed by atoms with Gasteiger partial charge >= 0.3 is 6.03 Å². The highest BCUT2D eigenvalue weighted by molar-refractivity contribution is 7.99.